The minimum atomic E-state index is -3.42. The Labute approximate surface area is 102 Å². The molecule has 8 heteroatoms. The number of nitrogens with zero attached hydrogens (tertiary/aromatic N) is 3. The first-order valence-corrected chi connectivity index (χ1v) is 6.98. The van der Waals surface area contributed by atoms with Crippen molar-refractivity contribution < 1.29 is 13.6 Å². The Kier molecular flexibility index (Phi) is 4.72. The molecule has 1 aliphatic heterocycles. The van der Waals surface area contributed by atoms with Crippen molar-refractivity contribution in [2.45, 2.75) is 32.2 Å². The third-order valence-electron chi connectivity index (χ3n) is 3.01. The number of hydrogen-bond acceptors (Lipinski definition) is 4. The Morgan fingerprint density at radius 2 is 2.06 bits per heavy atom. The van der Waals surface area contributed by atoms with E-state index in [1.165, 1.54) is 15.7 Å². The van der Waals surface area contributed by atoms with Gasteiger partial charge in [0, 0.05) is 32.6 Å². The zero-order chi connectivity index (χ0) is 13.1. The second-order valence-corrected chi connectivity index (χ2v) is 6.26. The second kappa shape index (κ2) is 5.65. The summed E-state index contributed by atoms with van der Waals surface area (Å²) < 4.78 is 27.0. The van der Waals surface area contributed by atoms with Gasteiger partial charge in [-0.05, 0) is 19.8 Å². The molecule has 0 aromatic rings. The van der Waals surface area contributed by atoms with Gasteiger partial charge in [-0.15, -0.1) is 0 Å². The lowest BCUT2D eigenvalue weighted by Crippen LogP contribution is -2.45. The van der Waals surface area contributed by atoms with Gasteiger partial charge < -0.3 is 10.9 Å². The fraction of sp³-hybridized carbons (Fsp3) is 0.889. The Balaban J connectivity index is 2.70. The quantitative estimate of drug-likeness (QED) is 0.310. The van der Waals surface area contributed by atoms with Crippen molar-refractivity contribution in [3.8, 4) is 0 Å². The summed E-state index contributed by atoms with van der Waals surface area (Å²) in [6.07, 6.45) is 2.02. The van der Waals surface area contributed by atoms with E-state index in [0.29, 0.717) is 13.1 Å². The highest BCUT2D eigenvalue weighted by molar-refractivity contribution is 7.86. The molecule has 1 atom stereocenters. The average Bonchev–Trinajstić information content (AvgIpc) is 2.81. The lowest BCUT2D eigenvalue weighted by molar-refractivity contribution is 0.311. The summed E-state index contributed by atoms with van der Waals surface area (Å²) >= 11 is 0. The highest BCUT2D eigenvalue weighted by atomic mass is 32.2. The molecule has 7 nitrogen and oxygen atoms in total. The predicted molar refractivity (Wildman–Crippen MR) is 65.0 cm³/mol. The van der Waals surface area contributed by atoms with Crippen molar-refractivity contribution in [3.05, 3.63) is 0 Å². The summed E-state index contributed by atoms with van der Waals surface area (Å²) in [5.41, 5.74) is 5.37. The first-order valence-electron chi connectivity index (χ1n) is 5.59. The maximum atomic E-state index is 12.2. The molecule has 3 N–H and O–H groups in total. The Morgan fingerprint density at radius 1 is 1.53 bits per heavy atom. The molecule has 1 heterocycles. The smallest absolute Gasteiger partial charge is 0.281 e. The van der Waals surface area contributed by atoms with Gasteiger partial charge in [0.2, 0.25) is 0 Å². The number of oxime groups is 1. The molecule has 1 aliphatic rings. The van der Waals surface area contributed by atoms with Crippen LogP contribution in [0.3, 0.4) is 0 Å². The van der Waals surface area contributed by atoms with Crippen LogP contribution in [0.15, 0.2) is 5.16 Å². The molecule has 0 radical (unpaired) electrons. The lowest BCUT2D eigenvalue weighted by atomic mass is 10.2. The van der Waals surface area contributed by atoms with Crippen LogP contribution in [-0.4, -0.2) is 54.3 Å². The maximum Gasteiger partial charge on any atom is 0.281 e. The van der Waals surface area contributed by atoms with Crippen LogP contribution in [0.5, 0.6) is 0 Å². The van der Waals surface area contributed by atoms with E-state index < -0.39 is 10.2 Å². The minimum Gasteiger partial charge on any atom is -0.409 e. The molecular formula is C9H20N4O3S. The molecule has 17 heavy (non-hydrogen) atoms. The van der Waals surface area contributed by atoms with E-state index in [-0.39, 0.29) is 18.3 Å². The van der Waals surface area contributed by atoms with Crippen molar-refractivity contribution in [2.75, 3.05) is 20.1 Å². The maximum absolute atomic E-state index is 12.2. The summed E-state index contributed by atoms with van der Waals surface area (Å²) in [4.78, 5) is 0. The summed E-state index contributed by atoms with van der Waals surface area (Å²) in [6, 6.07) is -0.337. The van der Waals surface area contributed by atoms with Crippen LogP contribution in [0.25, 0.3) is 0 Å². The van der Waals surface area contributed by atoms with E-state index >= 15 is 0 Å². The molecule has 0 saturated carbocycles. The van der Waals surface area contributed by atoms with Crippen LogP contribution in [-0.2, 0) is 10.2 Å². The summed E-state index contributed by atoms with van der Waals surface area (Å²) in [5, 5.41) is 11.3. The van der Waals surface area contributed by atoms with E-state index in [9.17, 15) is 8.42 Å². The average molecular weight is 264 g/mol. The van der Waals surface area contributed by atoms with Crippen molar-refractivity contribution in [1.29, 1.82) is 0 Å². The standard InChI is InChI=1S/C9H20N4O3S/c1-8(7-9(10)11-14)12(2)17(15,16)13-5-3-4-6-13/h8,14H,3-7H2,1-2H3,(H2,10,11). The van der Waals surface area contributed by atoms with Gasteiger partial charge in [0.05, 0.1) is 0 Å². The lowest BCUT2D eigenvalue weighted by Gasteiger charge is -2.28. The zero-order valence-corrected chi connectivity index (χ0v) is 11.0. The van der Waals surface area contributed by atoms with E-state index in [1.54, 1.807) is 6.92 Å². The van der Waals surface area contributed by atoms with Gasteiger partial charge >= 0.3 is 0 Å². The third kappa shape index (κ3) is 3.30. The van der Waals surface area contributed by atoms with Crippen molar-refractivity contribution in [3.63, 3.8) is 0 Å². The molecule has 0 spiro atoms. The van der Waals surface area contributed by atoms with Crippen molar-refractivity contribution in [1.82, 2.24) is 8.61 Å². The van der Waals surface area contributed by atoms with Crippen molar-refractivity contribution >= 4 is 16.0 Å². The Hall–Kier alpha value is -0.860. The molecule has 1 unspecified atom stereocenters. The van der Waals surface area contributed by atoms with Gasteiger partial charge in [0.15, 0.2) is 0 Å². The van der Waals surface area contributed by atoms with Gasteiger partial charge in [-0.1, -0.05) is 5.16 Å². The fourth-order valence-electron chi connectivity index (χ4n) is 1.80. The Bertz CT molecular complexity index is 376. The summed E-state index contributed by atoms with van der Waals surface area (Å²) in [6.45, 7) is 2.87. The second-order valence-electron chi connectivity index (χ2n) is 4.27. The minimum absolute atomic E-state index is 0.0287. The number of rotatable bonds is 5. The molecule has 1 fully saturated rings. The molecular weight excluding hydrogens is 244 g/mol. The van der Waals surface area contributed by atoms with E-state index in [0.717, 1.165) is 12.8 Å². The monoisotopic (exact) mass is 264 g/mol. The van der Waals surface area contributed by atoms with E-state index in [4.69, 9.17) is 10.9 Å². The van der Waals surface area contributed by atoms with Gasteiger partial charge in [-0.2, -0.15) is 17.0 Å². The fourth-order valence-corrected chi connectivity index (χ4v) is 3.41. The van der Waals surface area contributed by atoms with Crippen LogP contribution < -0.4 is 5.73 Å². The predicted octanol–water partition coefficient (Wildman–Crippen LogP) is -0.216. The van der Waals surface area contributed by atoms with Crippen LogP contribution >= 0.6 is 0 Å². The largest absolute Gasteiger partial charge is 0.409 e. The molecule has 0 bridgehead atoms. The molecule has 100 valence electrons. The third-order valence-corrected chi connectivity index (χ3v) is 5.11. The SMILES string of the molecule is CC(CC(N)=NO)N(C)S(=O)(=O)N1CCCC1. The summed E-state index contributed by atoms with van der Waals surface area (Å²) in [5.74, 6) is 0.0287. The van der Waals surface area contributed by atoms with Crippen LogP contribution in [0.4, 0.5) is 0 Å². The first-order chi connectivity index (χ1) is 7.89. The molecule has 0 aromatic carbocycles. The van der Waals surface area contributed by atoms with Gasteiger partial charge in [0.25, 0.3) is 10.2 Å². The number of hydrogen-bond donors (Lipinski definition) is 2. The Morgan fingerprint density at radius 3 is 2.53 bits per heavy atom. The van der Waals surface area contributed by atoms with E-state index in [1.807, 2.05) is 0 Å². The highest BCUT2D eigenvalue weighted by Crippen LogP contribution is 2.18. The van der Waals surface area contributed by atoms with Crippen LogP contribution in [0, 0.1) is 0 Å². The topological polar surface area (TPSA) is 99.2 Å². The van der Waals surface area contributed by atoms with Crippen LogP contribution in [0.2, 0.25) is 0 Å². The highest BCUT2D eigenvalue weighted by Gasteiger charge is 2.32. The normalized spacial score (nSPS) is 21.0. The molecule has 0 aliphatic carbocycles. The number of amidine groups is 1. The molecule has 0 aromatic heterocycles. The van der Waals surface area contributed by atoms with Crippen LogP contribution in [0.1, 0.15) is 26.2 Å². The summed E-state index contributed by atoms with van der Waals surface area (Å²) in [7, 11) is -1.90. The first kappa shape index (κ1) is 14.2. The molecule has 1 rings (SSSR count). The molecule has 1 saturated heterocycles. The van der Waals surface area contributed by atoms with Gasteiger partial charge in [-0.3, -0.25) is 0 Å². The van der Waals surface area contributed by atoms with Gasteiger partial charge in [-0.25, -0.2) is 0 Å². The van der Waals surface area contributed by atoms with E-state index in [2.05, 4.69) is 5.16 Å². The zero-order valence-electron chi connectivity index (χ0n) is 10.2. The molecule has 0 amide bonds. The number of nitrogens with two attached hydrogens (primary N) is 1. The van der Waals surface area contributed by atoms with Gasteiger partial charge in [0.1, 0.15) is 5.84 Å². The van der Waals surface area contributed by atoms with Crippen molar-refractivity contribution in [2.24, 2.45) is 10.9 Å².